The molecule has 15 heavy (non-hydrogen) atoms. The lowest BCUT2D eigenvalue weighted by Crippen LogP contribution is -2.33. The molecule has 0 amide bonds. The molecule has 1 rings (SSSR count). The molecule has 2 N–H and O–H groups in total. The molecule has 0 radical (unpaired) electrons. The van der Waals surface area contributed by atoms with Crippen LogP contribution in [0.4, 0.5) is 0 Å². The van der Waals surface area contributed by atoms with Crippen molar-refractivity contribution in [1.82, 2.24) is 5.32 Å². The Labute approximate surface area is 99.8 Å². The number of hydrogen-bond acceptors (Lipinski definition) is 2. The van der Waals surface area contributed by atoms with E-state index in [2.05, 4.69) is 40.3 Å². The topological polar surface area (TPSA) is 32.3 Å². The summed E-state index contributed by atoms with van der Waals surface area (Å²) in [5.41, 5.74) is 1.30. The van der Waals surface area contributed by atoms with Crippen LogP contribution in [0, 0.1) is 0 Å². The summed E-state index contributed by atoms with van der Waals surface area (Å²) < 4.78 is 1.11. The highest BCUT2D eigenvalue weighted by atomic mass is 79.9. The van der Waals surface area contributed by atoms with E-state index in [0.717, 1.165) is 10.9 Å². The van der Waals surface area contributed by atoms with E-state index in [1.807, 2.05) is 12.1 Å². The maximum absolute atomic E-state index is 9.14. The highest BCUT2D eigenvalue weighted by Gasteiger charge is 2.04. The Bertz CT molecular complexity index is 301. The Morgan fingerprint density at radius 1 is 1.40 bits per heavy atom. The maximum atomic E-state index is 9.14. The summed E-state index contributed by atoms with van der Waals surface area (Å²) in [6.45, 7) is 4.57. The zero-order valence-corrected chi connectivity index (χ0v) is 10.8. The summed E-state index contributed by atoms with van der Waals surface area (Å²) in [4.78, 5) is 0. The van der Waals surface area contributed by atoms with Gasteiger partial charge in [0.2, 0.25) is 0 Å². The molecule has 84 valence electrons. The number of aliphatic hydroxyl groups is 1. The molecule has 0 aliphatic heterocycles. The molecule has 1 aromatic carbocycles. The second-order valence-corrected chi connectivity index (χ2v) is 4.91. The lowest BCUT2D eigenvalue weighted by molar-refractivity contribution is 0.187. The van der Waals surface area contributed by atoms with Crippen LogP contribution in [0.5, 0.6) is 0 Å². The van der Waals surface area contributed by atoms with Crippen LogP contribution < -0.4 is 5.32 Å². The fourth-order valence-corrected chi connectivity index (χ4v) is 1.91. The molecule has 0 aliphatic rings. The molecular weight excluding hydrogens is 254 g/mol. The molecule has 2 atom stereocenters. The first kappa shape index (κ1) is 12.7. The van der Waals surface area contributed by atoms with Crippen LogP contribution in [0.15, 0.2) is 28.7 Å². The van der Waals surface area contributed by atoms with E-state index in [1.54, 1.807) is 6.92 Å². The van der Waals surface area contributed by atoms with E-state index in [4.69, 9.17) is 5.11 Å². The SMILES string of the molecule is CC(Cc1cccc(Br)c1)NC[C@H](C)O. The number of hydrogen-bond donors (Lipinski definition) is 2. The first-order chi connectivity index (χ1) is 7.08. The van der Waals surface area contributed by atoms with Gasteiger partial charge in [-0.25, -0.2) is 0 Å². The Hall–Kier alpha value is -0.380. The summed E-state index contributed by atoms with van der Waals surface area (Å²) in [5.74, 6) is 0. The molecule has 0 spiro atoms. The minimum Gasteiger partial charge on any atom is -0.392 e. The van der Waals surface area contributed by atoms with Crippen molar-refractivity contribution >= 4 is 15.9 Å². The van der Waals surface area contributed by atoms with Gasteiger partial charge in [0.1, 0.15) is 0 Å². The monoisotopic (exact) mass is 271 g/mol. The number of halogens is 1. The molecule has 0 aliphatic carbocycles. The van der Waals surface area contributed by atoms with Crippen molar-refractivity contribution < 1.29 is 5.11 Å². The smallest absolute Gasteiger partial charge is 0.0636 e. The summed E-state index contributed by atoms with van der Waals surface area (Å²) >= 11 is 3.45. The fraction of sp³-hybridized carbons (Fsp3) is 0.500. The minimum absolute atomic E-state index is 0.282. The quantitative estimate of drug-likeness (QED) is 0.862. The first-order valence-electron chi connectivity index (χ1n) is 5.24. The summed E-state index contributed by atoms with van der Waals surface area (Å²) in [6, 6.07) is 8.69. The normalized spacial score (nSPS) is 14.9. The van der Waals surface area contributed by atoms with Crippen molar-refractivity contribution in [2.75, 3.05) is 6.54 Å². The number of nitrogens with one attached hydrogen (secondary N) is 1. The molecule has 1 unspecified atom stereocenters. The molecular formula is C12H18BrNO. The molecule has 0 bridgehead atoms. The van der Waals surface area contributed by atoms with Crippen LogP contribution in [-0.4, -0.2) is 23.8 Å². The predicted molar refractivity (Wildman–Crippen MR) is 67.0 cm³/mol. The fourth-order valence-electron chi connectivity index (χ4n) is 1.46. The van der Waals surface area contributed by atoms with Gasteiger partial charge in [-0.15, -0.1) is 0 Å². The summed E-state index contributed by atoms with van der Waals surface area (Å²) in [7, 11) is 0. The Morgan fingerprint density at radius 3 is 2.73 bits per heavy atom. The minimum atomic E-state index is -0.282. The molecule has 3 heteroatoms. The summed E-state index contributed by atoms with van der Waals surface area (Å²) in [5, 5.41) is 12.4. The van der Waals surface area contributed by atoms with Gasteiger partial charge in [-0.2, -0.15) is 0 Å². The highest BCUT2D eigenvalue weighted by Crippen LogP contribution is 2.12. The van der Waals surface area contributed by atoms with Crippen molar-refractivity contribution in [2.45, 2.75) is 32.4 Å². The van der Waals surface area contributed by atoms with E-state index >= 15 is 0 Å². The zero-order valence-electron chi connectivity index (χ0n) is 9.20. The lowest BCUT2D eigenvalue weighted by Gasteiger charge is -2.15. The van der Waals surface area contributed by atoms with Crippen LogP contribution in [-0.2, 0) is 6.42 Å². The van der Waals surface area contributed by atoms with Crippen LogP contribution in [0.25, 0.3) is 0 Å². The molecule has 2 nitrogen and oxygen atoms in total. The van der Waals surface area contributed by atoms with E-state index in [9.17, 15) is 0 Å². The molecule has 0 aromatic heterocycles. The number of benzene rings is 1. The van der Waals surface area contributed by atoms with Crippen molar-refractivity contribution in [3.63, 3.8) is 0 Å². The molecule has 0 heterocycles. The van der Waals surface area contributed by atoms with Crippen LogP contribution in [0.2, 0.25) is 0 Å². The zero-order chi connectivity index (χ0) is 11.3. The second kappa shape index (κ2) is 6.26. The largest absolute Gasteiger partial charge is 0.392 e. The lowest BCUT2D eigenvalue weighted by atomic mass is 10.1. The standard InChI is InChI=1S/C12H18BrNO/c1-9(14-8-10(2)15)6-11-4-3-5-12(13)7-11/h3-5,7,9-10,14-15H,6,8H2,1-2H3/t9?,10-/m0/s1. The van der Waals surface area contributed by atoms with Gasteiger partial charge >= 0.3 is 0 Å². The van der Waals surface area contributed by atoms with Gasteiger partial charge < -0.3 is 10.4 Å². The van der Waals surface area contributed by atoms with Gasteiger partial charge in [-0.1, -0.05) is 28.1 Å². The number of aliphatic hydroxyl groups excluding tert-OH is 1. The molecule has 0 saturated heterocycles. The second-order valence-electron chi connectivity index (χ2n) is 3.99. The van der Waals surface area contributed by atoms with Gasteiger partial charge in [0.15, 0.2) is 0 Å². The summed E-state index contributed by atoms with van der Waals surface area (Å²) in [6.07, 6.45) is 0.696. The van der Waals surface area contributed by atoms with Crippen LogP contribution in [0.3, 0.4) is 0 Å². The van der Waals surface area contributed by atoms with Crippen LogP contribution in [0.1, 0.15) is 19.4 Å². The first-order valence-corrected chi connectivity index (χ1v) is 6.03. The van der Waals surface area contributed by atoms with Crippen molar-refractivity contribution in [2.24, 2.45) is 0 Å². The third-order valence-corrected chi connectivity index (χ3v) is 2.69. The Kier molecular flexibility index (Phi) is 5.29. The molecule has 0 saturated carbocycles. The third-order valence-electron chi connectivity index (χ3n) is 2.19. The van der Waals surface area contributed by atoms with E-state index < -0.39 is 0 Å². The average Bonchev–Trinajstić information content (AvgIpc) is 2.15. The van der Waals surface area contributed by atoms with Crippen LogP contribution >= 0.6 is 15.9 Å². The van der Waals surface area contributed by atoms with Gasteiger partial charge in [-0.3, -0.25) is 0 Å². The van der Waals surface area contributed by atoms with E-state index in [0.29, 0.717) is 12.6 Å². The van der Waals surface area contributed by atoms with Crippen molar-refractivity contribution in [1.29, 1.82) is 0 Å². The number of rotatable bonds is 5. The van der Waals surface area contributed by atoms with E-state index in [1.165, 1.54) is 5.56 Å². The van der Waals surface area contributed by atoms with Gasteiger partial charge in [0, 0.05) is 17.1 Å². The highest BCUT2D eigenvalue weighted by molar-refractivity contribution is 9.10. The predicted octanol–water partition coefficient (Wildman–Crippen LogP) is 2.35. The Balaban J connectivity index is 2.40. The van der Waals surface area contributed by atoms with Gasteiger partial charge in [0.05, 0.1) is 6.10 Å². The molecule has 0 fully saturated rings. The average molecular weight is 272 g/mol. The van der Waals surface area contributed by atoms with E-state index in [-0.39, 0.29) is 6.10 Å². The van der Waals surface area contributed by atoms with Gasteiger partial charge in [-0.05, 0) is 38.0 Å². The third kappa shape index (κ3) is 5.30. The molecule has 1 aromatic rings. The van der Waals surface area contributed by atoms with Crippen molar-refractivity contribution in [3.8, 4) is 0 Å². The maximum Gasteiger partial charge on any atom is 0.0636 e. The Morgan fingerprint density at radius 2 is 2.13 bits per heavy atom. The van der Waals surface area contributed by atoms with Crippen molar-refractivity contribution in [3.05, 3.63) is 34.3 Å². The van der Waals surface area contributed by atoms with Gasteiger partial charge in [0.25, 0.3) is 0 Å².